The third-order valence-corrected chi connectivity index (χ3v) is 2.66. The molecule has 1 heterocycles. The molecule has 6 heteroatoms. The molecule has 0 unspecified atom stereocenters. The van der Waals surface area contributed by atoms with Crippen molar-refractivity contribution in [3.05, 3.63) is 35.4 Å². The minimum Gasteiger partial charge on any atom is -0.484 e. The highest BCUT2D eigenvalue weighted by Crippen LogP contribution is 2.21. The number of rotatable bonds is 3. The summed E-state index contributed by atoms with van der Waals surface area (Å²) in [6.07, 6.45) is 0. The van der Waals surface area contributed by atoms with Gasteiger partial charge < -0.3 is 15.0 Å². The van der Waals surface area contributed by atoms with Crippen LogP contribution in [-0.2, 0) is 13.7 Å². The summed E-state index contributed by atoms with van der Waals surface area (Å²) in [6, 6.07) is 7.00. The van der Waals surface area contributed by atoms with E-state index in [9.17, 15) is 0 Å². The largest absolute Gasteiger partial charge is 0.484 e. The minimum atomic E-state index is 0.260. The fourth-order valence-corrected chi connectivity index (χ4v) is 1.48. The van der Waals surface area contributed by atoms with Crippen LogP contribution in [0.1, 0.15) is 17.2 Å². The summed E-state index contributed by atoms with van der Waals surface area (Å²) in [4.78, 5) is 0. The number of aromatic nitrogens is 3. The lowest BCUT2D eigenvalue weighted by Crippen LogP contribution is -2.05. The van der Waals surface area contributed by atoms with E-state index in [0.29, 0.717) is 22.8 Å². The van der Waals surface area contributed by atoms with Gasteiger partial charge in [-0.25, -0.2) is 0 Å². The van der Waals surface area contributed by atoms with E-state index < -0.39 is 0 Å². The fraction of sp³-hybridized carbons (Fsp3) is 0.250. The van der Waals surface area contributed by atoms with Crippen molar-refractivity contribution in [2.24, 2.45) is 7.05 Å². The Labute approximate surface area is 105 Å². The van der Waals surface area contributed by atoms with Gasteiger partial charge in [-0.05, 0) is 25.1 Å². The third kappa shape index (κ3) is 2.25. The molecular formula is C12H13N5O. The van der Waals surface area contributed by atoms with Gasteiger partial charge in [0.05, 0.1) is 5.56 Å². The van der Waals surface area contributed by atoms with E-state index in [4.69, 9.17) is 15.7 Å². The molecule has 1 aromatic carbocycles. The van der Waals surface area contributed by atoms with Crippen LogP contribution in [0.2, 0.25) is 0 Å². The van der Waals surface area contributed by atoms with Gasteiger partial charge in [-0.1, -0.05) is 0 Å². The van der Waals surface area contributed by atoms with E-state index in [1.807, 2.05) is 24.6 Å². The van der Waals surface area contributed by atoms with Crippen molar-refractivity contribution >= 4 is 5.69 Å². The van der Waals surface area contributed by atoms with Crippen molar-refractivity contribution in [2.75, 3.05) is 5.73 Å². The molecule has 6 nitrogen and oxygen atoms in total. The van der Waals surface area contributed by atoms with Crippen LogP contribution in [0.15, 0.2) is 18.2 Å². The molecule has 0 bridgehead atoms. The normalized spacial score (nSPS) is 10.1. The van der Waals surface area contributed by atoms with Gasteiger partial charge in [-0.15, -0.1) is 10.2 Å². The minimum absolute atomic E-state index is 0.260. The van der Waals surface area contributed by atoms with Gasteiger partial charge in [-0.2, -0.15) is 5.26 Å². The van der Waals surface area contributed by atoms with Crippen LogP contribution in [0.25, 0.3) is 0 Å². The highest BCUT2D eigenvalue weighted by atomic mass is 16.5. The Balaban J connectivity index is 2.16. The van der Waals surface area contributed by atoms with Crippen molar-refractivity contribution in [2.45, 2.75) is 13.5 Å². The van der Waals surface area contributed by atoms with Gasteiger partial charge in [0.2, 0.25) is 0 Å². The van der Waals surface area contributed by atoms with Gasteiger partial charge >= 0.3 is 0 Å². The first-order valence-corrected chi connectivity index (χ1v) is 5.39. The predicted molar refractivity (Wildman–Crippen MR) is 65.6 cm³/mol. The Morgan fingerprint density at radius 2 is 2.22 bits per heavy atom. The van der Waals surface area contributed by atoms with E-state index in [-0.39, 0.29) is 6.61 Å². The zero-order chi connectivity index (χ0) is 13.1. The van der Waals surface area contributed by atoms with Crippen LogP contribution in [0.3, 0.4) is 0 Å². The van der Waals surface area contributed by atoms with E-state index in [1.165, 1.54) is 0 Å². The average molecular weight is 243 g/mol. The SMILES string of the molecule is Cc1nnc(COc2ccc(N)cc2C#N)n1C. The fourth-order valence-electron chi connectivity index (χ4n) is 1.48. The molecule has 1 aromatic heterocycles. The predicted octanol–water partition coefficient (Wildman–Crippen LogP) is 1.16. The molecule has 2 N–H and O–H groups in total. The Hall–Kier alpha value is -2.55. The summed E-state index contributed by atoms with van der Waals surface area (Å²) < 4.78 is 7.40. The second-order valence-corrected chi connectivity index (χ2v) is 3.88. The number of nitrogens with zero attached hydrogens (tertiary/aromatic N) is 4. The first-order chi connectivity index (χ1) is 8.61. The molecule has 0 aliphatic rings. The summed E-state index contributed by atoms with van der Waals surface area (Å²) in [6.45, 7) is 2.12. The number of nitrogen functional groups attached to an aromatic ring is 1. The van der Waals surface area contributed by atoms with Crippen LogP contribution < -0.4 is 10.5 Å². The van der Waals surface area contributed by atoms with Crippen LogP contribution >= 0.6 is 0 Å². The number of aryl methyl sites for hydroxylation is 1. The zero-order valence-corrected chi connectivity index (χ0v) is 10.2. The number of hydrogen-bond donors (Lipinski definition) is 1. The van der Waals surface area contributed by atoms with Crippen molar-refractivity contribution in [3.63, 3.8) is 0 Å². The molecule has 92 valence electrons. The van der Waals surface area contributed by atoms with Gasteiger partial charge in [0, 0.05) is 12.7 Å². The van der Waals surface area contributed by atoms with Gasteiger partial charge in [0.1, 0.15) is 24.3 Å². The maximum Gasteiger partial charge on any atom is 0.170 e. The van der Waals surface area contributed by atoms with Crippen molar-refractivity contribution in [1.29, 1.82) is 5.26 Å². The highest BCUT2D eigenvalue weighted by molar-refractivity contribution is 5.53. The van der Waals surface area contributed by atoms with Crippen molar-refractivity contribution in [3.8, 4) is 11.8 Å². The molecule has 0 amide bonds. The molecule has 0 spiro atoms. The van der Waals surface area contributed by atoms with Crippen molar-refractivity contribution < 1.29 is 4.74 Å². The Morgan fingerprint density at radius 1 is 1.44 bits per heavy atom. The van der Waals surface area contributed by atoms with E-state index in [0.717, 1.165) is 5.82 Å². The van der Waals surface area contributed by atoms with Crippen LogP contribution in [0.4, 0.5) is 5.69 Å². The topological polar surface area (TPSA) is 89.8 Å². The average Bonchev–Trinajstić information content (AvgIpc) is 2.68. The molecule has 2 rings (SSSR count). The Kier molecular flexibility index (Phi) is 3.15. The number of nitriles is 1. The van der Waals surface area contributed by atoms with E-state index in [2.05, 4.69) is 10.2 Å². The van der Waals surface area contributed by atoms with Gasteiger partial charge in [0.15, 0.2) is 5.82 Å². The number of benzene rings is 1. The summed E-state index contributed by atoms with van der Waals surface area (Å²) in [5.74, 6) is 2.01. The third-order valence-electron chi connectivity index (χ3n) is 2.66. The van der Waals surface area contributed by atoms with E-state index >= 15 is 0 Å². The molecule has 0 atom stereocenters. The zero-order valence-electron chi connectivity index (χ0n) is 10.2. The van der Waals surface area contributed by atoms with E-state index in [1.54, 1.807) is 18.2 Å². The summed E-state index contributed by atoms with van der Waals surface area (Å²) in [5, 5.41) is 16.9. The Bertz CT molecular complexity index is 611. The maximum atomic E-state index is 8.98. The lowest BCUT2D eigenvalue weighted by molar-refractivity contribution is 0.290. The second-order valence-electron chi connectivity index (χ2n) is 3.88. The molecule has 0 aliphatic carbocycles. The van der Waals surface area contributed by atoms with Crippen LogP contribution in [-0.4, -0.2) is 14.8 Å². The molecule has 0 fully saturated rings. The molecule has 0 aliphatic heterocycles. The Morgan fingerprint density at radius 3 is 2.83 bits per heavy atom. The molecule has 18 heavy (non-hydrogen) atoms. The lowest BCUT2D eigenvalue weighted by Gasteiger charge is -2.08. The maximum absolute atomic E-state index is 8.98. The number of anilines is 1. The smallest absolute Gasteiger partial charge is 0.170 e. The summed E-state index contributed by atoms with van der Waals surface area (Å²) >= 11 is 0. The monoisotopic (exact) mass is 243 g/mol. The number of ether oxygens (including phenoxy) is 1. The highest BCUT2D eigenvalue weighted by Gasteiger charge is 2.08. The molecule has 0 saturated heterocycles. The molecule has 0 radical (unpaired) electrons. The summed E-state index contributed by atoms with van der Waals surface area (Å²) in [7, 11) is 1.86. The molecular weight excluding hydrogens is 230 g/mol. The quantitative estimate of drug-likeness (QED) is 0.817. The molecule has 0 saturated carbocycles. The van der Waals surface area contributed by atoms with Gasteiger partial charge in [0.25, 0.3) is 0 Å². The number of hydrogen-bond acceptors (Lipinski definition) is 5. The number of nitrogens with two attached hydrogens (primary N) is 1. The van der Waals surface area contributed by atoms with Gasteiger partial charge in [-0.3, -0.25) is 0 Å². The first-order valence-electron chi connectivity index (χ1n) is 5.39. The molecule has 2 aromatic rings. The first kappa shape index (κ1) is 11.9. The van der Waals surface area contributed by atoms with Crippen molar-refractivity contribution in [1.82, 2.24) is 14.8 Å². The summed E-state index contributed by atoms with van der Waals surface area (Å²) in [5.41, 5.74) is 6.55. The second kappa shape index (κ2) is 4.75. The lowest BCUT2D eigenvalue weighted by atomic mass is 10.2. The standard InChI is InChI=1S/C12H13N5O/c1-8-15-16-12(17(8)2)7-18-11-4-3-10(14)5-9(11)6-13/h3-5H,7,14H2,1-2H3. The van der Waals surface area contributed by atoms with Crippen LogP contribution in [0, 0.1) is 18.3 Å². The van der Waals surface area contributed by atoms with Crippen LogP contribution in [0.5, 0.6) is 5.75 Å².